The number of rotatable bonds is 5. The summed E-state index contributed by atoms with van der Waals surface area (Å²) in [6.07, 6.45) is 1.28. The first-order valence-corrected chi connectivity index (χ1v) is 7.12. The number of aromatic hydroxyl groups is 1. The number of methoxy groups -OCH3 is 2. The van der Waals surface area contributed by atoms with Crippen molar-refractivity contribution in [2.45, 2.75) is 0 Å². The minimum absolute atomic E-state index is 0.0329. The number of phenols is 1. The van der Waals surface area contributed by atoms with Gasteiger partial charge in [-0.15, -0.1) is 0 Å². The number of para-hydroxylation sites is 1. The van der Waals surface area contributed by atoms with E-state index in [9.17, 15) is 19.6 Å². The molecule has 0 unspecified atom stereocenters. The number of nitrogens with one attached hydrogen (secondary N) is 1. The summed E-state index contributed by atoms with van der Waals surface area (Å²) in [5, 5.41) is 21.4. The summed E-state index contributed by atoms with van der Waals surface area (Å²) in [6, 6.07) is 10.3. The minimum Gasteiger partial charge on any atom is -0.502 e. The highest BCUT2D eigenvalue weighted by Crippen LogP contribution is 2.37. The Balaban J connectivity index is 2.36. The van der Waals surface area contributed by atoms with Crippen LogP contribution >= 0.6 is 0 Å². The van der Waals surface area contributed by atoms with Crippen molar-refractivity contribution in [3.63, 3.8) is 0 Å². The molecule has 0 heterocycles. The van der Waals surface area contributed by atoms with Crippen LogP contribution in [0.2, 0.25) is 0 Å². The largest absolute Gasteiger partial charge is 0.502 e. The zero-order valence-corrected chi connectivity index (χ0v) is 13.5. The van der Waals surface area contributed by atoms with Crippen LogP contribution < -0.4 is 14.8 Å². The van der Waals surface area contributed by atoms with Crippen molar-refractivity contribution >= 4 is 17.7 Å². The van der Waals surface area contributed by atoms with Crippen molar-refractivity contribution in [3.05, 3.63) is 53.4 Å². The summed E-state index contributed by atoms with van der Waals surface area (Å²) in [6.45, 7) is 0. The Kier molecular flexibility index (Phi) is 5.58. The molecule has 0 aliphatic carbocycles. The standard InChI is InChI=1S/C18H15FN2O4/c1-24-15-8-11(9-16(25-2)17(15)22)7-12(10-20)18(23)21-14-6-4-3-5-13(14)19/h3-9,22H,1-2H3,(H,21,23)/b12-7-. The third-order valence-corrected chi connectivity index (χ3v) is 3.30. The summed E-state index contributed by atoms with van der Waals surface area (Å²) in [4.78, 5) is 12.2. The molecule has 0 atom stereocenters. The first kappa shape index (κ1) is 17.8. The van der Waals surface area contributed by atoms with E-state index in [0.29, 0.717) is 5.56 Å². The number of phenolic OH excluding ortho intramolecular Hbond substituents is 1. The van der Waals surface area contributed by atoms with E-state index in [-0.39, 0.29) is 28.5 Å². The second kappa shape index (κ2) is 7.84. The maximum absolute atomic E-state index is 13.6. The first-order valence-electron chi connectivity index (χ1n) is 7.12. The topological polar surface area (TPSA) is 91.6 Å². The van der Waals surface area contributed by atoms with Gasteiger partial charge >= 0.3 is 0 Å². The molecule has 0 aliphatic heterocycles. The number of benzene rings is 2. The normalized spacial score (nSPS) is 10.7. The first-order chi connectivity index (χ1) is 12.0. The van der Waals surface area contributed by atoms with Crippen molar-refractivity contribution in [1.29, 1.82) is 5.26 Å². The summed E-state index contributed by atoms with van der Waals surface area (Å²) < 4.78 is 23.7. The van der Waals surface area contributed by atoms with Gasteiger partial charge in [0.15, 0.2) is 11.5 Å². The van der Waals surface area contributed by atoms with Crippen LogP contribution in [-0.4, -0.2) is 25.2 Å². The highest BCUT2D eigenvalue weighted by Gasteiger charge is 2.14. The van der Waals surface area contributed by atoms with Crippen LogP contribution in [0.15, 0.2) is 42.0 Å². The van der Waals surface area contributed by atoms with Crippen molar-refractivity contribution in [2.24, 2.45) is 0 Å². The number of hydrogen-bond donors (Lipinski definition) is 2. The molecular weight excluding hydrogens is 327 g/mol. The predicted molar refractivity (Wildman–Crippen MR) is 89.8 cm³/mol. The smallest absolute Gasteiger partial charge is 0.266 e. The van der Waals surface area contributed by atoms with E-state index < -0.39 is 11.7 Å². The second-order valence-electron chi connectivity index (χ2n) is 4.88. The van der Waals surface area contributed by atoms with Gasteiger partial charge in [0, 0.05) is 0 Å². The molecule has 2 aromatic rings. The number of anilines is 1. The minimum atomic E-state index is -0.765. The molecular formula is C18H15FN2O4. The van der Waals surface area contributed by atoms with E-state index in [0.717, 1.165) is 0 Å². The number of carbonyl (C=O) groups is 1. The average Bonchev–Trinajstić information content (AvgIpc) is 2.62. The number of carbonyl (C=O) groups excluding carboxylic acids is 1. The van der Waals surface area contributed by atoms with E-state index in [1.54, 1.807) is 12.1 Å². The summed E-state index contributed by atoms with van der Waals surface area (Å²) in [5.41, 5.74) is 0.110. The zero-order valence-electron chi connectivity index (χ0n) is 13.5. The van der Waals surface area contributed by atoms with Crippen LogP contribution in [0.5, 0.6) is 17.2 Å². The fourth-order valence-corrected chi connectivity index (χ4v) is 2.06. The number of ether oxygens (including phenoxy) is 2. The lowest BCUT2D eigenvalue weighted by molar-refractivity contribution is -0.112. The Morgan fingerprint density at radius 1 is 1.24 bits per heavy atom. The molecule has 0 spiro atoms. The molecule has 0 radical (unpaired) electrons. The van der Waals surface area contributed by atoms with Gasteiger partial charge in [-0.1, -0.05) is 12.1 Å². The SMILES string of the molecule is COc1cc(/C=C(/C#N)C(=O)Nc2ccccc2F)cc(OC)c1O. The monoisotopic (exact) mass is 342 g/mol. The molecule has 0 saturated carbocycles. The summed E-state index contributed by atoms with van der Waals surface area (Å²) in [5.74, 6) is -1.33. The van der Waals surface area contributed by atoms with E-state index in [2.05, 4.69) is 5.32 Å². The molecule has 0 saturated heterocycles. The predicted octanol–water partition coefficient (Wildman–Crippen LogP) is 3.09. The highest BCUT2D eigenvalue weighted by atomic mass is 19.1. The lowest BCUT2D eigenvalue weighted by Gasteiger charge is -2.10. The van der Waals surface area contributed by atoms with Gasteiger partial charge in [-0.2, -0.15) is 5.26 Å². The molecule has 0 fully saturated rings. The van der Waals surface area contributed by atoms with Crippen molar-refractivity contribution < 1.29 is 23.8 Å². The molecule has 25 heavy (non-hydrogen) atoms. The Hall–Kier alpha value is -3.53. The van der Waals surface area contributed by atoms with Gasteiger partial charge in [-0.05, 0) is 35.9 Å². The van der Waals surface area contributed by atoms with Crippen LogP contribution in [0.25, 0.3) is 6.08 Å². The Labute approximate surface area is 143 Å². The van der Waals surface area contributed by atoms with Gasteiger partial charge in [0.1, 0.15) is 17.5 Å². The van der Waals surface area contributed by atoms with E-state index in [1.807, 2.05) is 0 Å². The van der Waals surface area contributed by atoms with Crippen molar-refractivity contribution in [2.75, 3.05) is 19.5 Å². The third kappa shape index (κ3) is 4.06. The molecule has 128 valence electrons. The van der Waals surface area contributed by atoms with Gasteiger partial charge in [-0.25, -0.2) is 4.39 Å². The number of halogens is 1. The molecule has 6 nitrogen and oxygen atoms in total. The number of hydrogen-bond acceptors (Lipinski definition) is 5. The molecule has 2 rings (SSSR count). The van der Waals surface area contributed by atoms with E-state index >= 15 is 0 Å². The number of nitriles is 1. The van der Waals surface area contributed by atoms with Gasteiger partial charge < -0.3 is 19.9 Å². The molecule has 0 aliphatic rings. The van der Waals surface area contributed by atoms with Gasteiger partial charge in [0.25, 0.3) is 5.91 Å². The van der Waals surface area contributed by atoms with Crippen LogP contribution in [0.1, 0.15) is 5.56 Å². The number of nitrogens with zero attached hydrogens (tertiary/aromatic N) is 1. The Bertz CT molecular complexity index is 847. The van der Waals surface area contributed by atoms with Crippen LogP contribution in [0.3, 0.4) is 0 Å². The molecule has 0 aromatic heterocycles. The summed E-state index contributed by atoms with van der Waals surface area (Å²) >= 11 is 0. The number of amides is 1. The summed E-state index contributed by atoms with van der Waals surface area (Å²) in [7, 11) is 2.72. The second-order valence-corrected chi connectivity index (χ2v) is 4.88. The third-order valence-electron chi connectivity index (χ3n) is 3.30. The van der Waals surface area contributed by atoms with Crippen molar-refractivity contribution in [1.82, 2.24) is 0 Å². The quantitative estimate of drug-likeness (QED) is 0.643. The molecule has 0 bridgehead atoms. The average molecular weight is 342 g/mol. The van der Waals surface area contributed by atoms with Gasteiger partial charge in [0.2, 0.25) is 5.75 Å². The lowest BCUT2D eigenvalue weighted by atomic mass is 10.1. The van der Waals surface area contributed by atoms with Gasteiger partial charge in [0.05, 0.1) is 19.9 Å². The molecule has 2 N–H and O–H groups in total. The van der Waals surface area contributed by atoms with Crippen LogP contribution in [0, 0.1) is 17.1 Å². The maximum Gasteiger partial charge on any atom is 0.266 e. The van der Waals surface area contributed by atoms with Crippen LogP contribution in [0.4, 0.5) is 10.1 Å². The molecule has 2 aromatic carbocycles. The highest BCUT2D eigenvalue weighted by molar-refractivity contribution is 6.09. The van der Waals surface area contributed by atoms with E-state index in [1.165, 1.54) is 50.6 Å². The Morgan fingerprint density at radius 3 is 2.36 bits per heavy atom. The van der Waals surface area contributed by atoms with Crippen molar-refractivity contribution in [3.8, 4) is 23.3 Å². The fraction of sp³-hybridized carbons (Fsp3) is 0.111. The van der Waals surface area contributed by atoms with Gasteiger partial charge in [-0.3, -0.25) is 4.79 Å². The lowest BCUT2D eigenvalue weighted by Crippen LogP contribution is -2.14. The van der Waals surface area contributed by atoms with Crippen LogP contribution in [-0.2, 0) is 4.79 Å². The molecule has 1 amide bonds. The Morgan fingerprint density at radius 2 is 1.84 bits per heavy atom. The fourth-order valence-electron chi connectivity index (χ4n) is 2.06. The molecule has 7 heteroatoms. The maximum atomic E-state index is 13.6. The zero-order chi connectivity index (χ0) is 18.4. The van der Waals surface area contributed by atoms with E-state index in [4.69, 9.17) is 9.47 Å².